The first-order valence-corrected chi connectivity index (χ1v) is 24.5. The van der Waals surface area contributed by atoms with Crippen molar-refractivity contribution in [1.82, 2.24) is 0 Å². The lowest BCUT2D eigenvalue weighted by Crippen LogP contribution is -2.67. The minimum Gasteiger partial charge on any atom is -0.458 e. The van der Waals surface area contributed by atoms with E-state index >= 15 is 0 Å². The Morgan fingerprint density at radius 3 is 1.77 bits per heavy atom. The highest BCUT2D eigenvalue weighted by molar-refractivity contribution is 5.85. The second-order valence-electron chi connectivity index (χ2n) is 21.6. The first-order chi connectivity index (χ1) is 31.2. The van der Waals surface area contributed by atoms with Crippen LogP contribution in [0.1, 0.15) is 105 Å². The van der Waals surface area contributed by atoms with Crippen molar-refractivity contribution in [2.75, 3.05) is 13.2 Å². The number of cyclic esters (lactones) is 1. The van der Waals surface area contributed by atoms with Gasteiger partial charge in [0.2, 0.25) is 0 Å². The van der Waals surface area contributed by atoms with Crippen molar-refractivity contribution in [1.29, 1.82) is 0 Å². The molecule has 4 saturated heterocycles. The van der Waals surface area contributed by atoms with Gasteiger partial charge in [0.25, 0.3) is 0 Å². The molecular formula is C47H74O19. The van der Waals surface area contributed by atoms with Gasteiger partial charge < -0.3 is 88.6 Å². The largest absolute Gasteiger partial charge is 0.458 e. The molecule has 0 spiro atoms. The standard InChI is InChI=1S/C47H74O19/c1-20-41(64-36-16-30(50)42(21(2)60-36)65-37-17-31(51)43(22(3)61-37)66-44-40(56)39(55)38(54)32(18-48)63-44)29(49)15-35(59-20)62-25-8-10-45(4)24(13-25)6-7-27-28(45)14-33(52)46(5)26(9-11-47(27,46)57)23-12-34(53)58-19-23/h12,20-22,24-33,35-44,48-52,54-57H,6-11,13-19H2,1-5H3/t20-,21-,22-,24-,25+,26-,27-,28-,29+,30+,31+,32-,33-,35+,36+,37+,38-,39+,40-,41?,42-,43-,44-,45+,46+,47+/m1/s1. The summed E-state index contributed by atoms with van der Waals surface area (Å²) in [6.07, 6.45) is -10.8. The number of hydrogen-bond acceptors (Lipinski definition) is 19. The van der Waals surface area contributed by atoms with Crippen LogP contribution in [0.25, 0.3) is 0 Å². The van der Waals surface area contributed by atoms with Gasteiger partial charge >= 0.3 is 5.97 Å². The van der Waals surface area contributed by atoms with E-state index in [0.717, 1.165) is 44.1 Å². The van der Waals surface area contributed by atoms with E-state index < -0.39 is 128 Å². The zero-order valence-corrected chi connectivity index (χ0v) is 38.7. The fourth-order valence-electron chi connectivity index (χ4n) is 14.3. The Morgan fingerprint density at radius 2 is 1.23 bits per heavy atom. The third-order valence-corrected chi connectivity index (χ3v) is 18.1. The first kappa shape index (κ1) is 49.5. The van der Waals surface area contributed by atoms with Gasteiger partial charge in [0.1, 0.15) is 49.3 Å². The van der Waals surface area contributed by atoms with Gasteiger partial charge in [-0.15, -0.1) is 0 Å². The number of carbonyl (C=O) groups is 1. The topological polar surface area (TPSA) is 282 Å². The second-order valence-corrected chi connectivity index (χ2v) is 21.6. The summed E-state index contributed by atoms with van der Waals surface area (Å²) in [7, 11) is 0. The van der Waals surface area contributed by atoms with Crippen LogP contribution in [0.3, 0.4) is 0 Å². The van der Waals surface area contributed by atoms with Gasteiger partial charge in [-0.25, -0.2) is 4.79 Å². The van der Waals surface area contributed by atoms with Gasteiger partial charge in [-0.1, -0.05) is 13.8 Å². The van der Waals surface area contributed by atoms with E-state index in [-0.39, 0.29) is 61.1 Å². The van der Waals surface area contributed by atoms with E-state index in [1.165, 1.54) is 0 Å². The molecule has 0 amide bonds. The summed E-state index contributed by atoms with van der Waals surface area (Å²) in [5.41, 5.74) is -0.989. The van der Waals surface area contributed by atoms with Crippen molar-refractivity contribution in [3.8, 4) is 0 Å². The van der Waals surface area contributed by atoms with Crippen LogP contribution in [0.5, 0.6) is 0 Å². The Bertz CT molecular complexity index is 1720. The number of aliphatic hydroxyl groups is 9. The van der Waals surface area contributed by atoms with Gasteiger partial charge in [-0.2, -0.15) is 0 Å². The maximum Gasteiger partial charge on any atom is 0.331 e. The number of esters is 1. The minimum absolute atomic E-state index is 0.0188. The quantitative estimate of drug-likeness (QED) is 0.103. The Morgan fingerprint density at radius 1 is 0.652 bits per heavy atom. The summed E-state index contributed by atoms with van der Waals surface area (Å²) in [5.74, 6) is 0.0825. The van der Waals surface area contributed by atoms with Gasteiger partial charge in [0.15, 0.2) is 25.2 Å². The van der Waals surface area contributed by atoms with Crippen LogP contribution in [0.2, 0.25) is 0 Å². The summed E-state index contributed by atoms with van der Waals surface area (Å²) >= 11 is 0. The van der Waals surface area contributed by atoms with Crippen LogP contribution < -0.4 is 0 Å². The van der Waals surface area contributed by atoms with Crippen molar-refractivity contribution in [2.24, 2.45) is 34.5 Å². The molecule has 0 radical (unpaired) electrons. The number of carbonyl (C=O) groups excluding carboxylic acids is 1. The molecule has 66 heavy (non-hydrogen) atoms. The summed E-state index contributed by atoms with van der Waals surface area (Å²) < 4.78 is 53.9. The average molecular weight is 943 g/mol. The van der Waals surface area contributed by atoms with Gasteiger partial charge in [0.05, 0.1) is 61.0 Å². The molecule has 1 unspecified atom stereocenters. The molecule has 9 aliphatic rings. The summed E-state index contributed by atoms with van der Waals surface area (Å²) in [5, 5.41) is 98.4. The molecule has 4 saturated carbocycles. The van der Waals surface area contributed by atoms with E-state index in [2.05, 4.69) is 6.92 Å². The molecule has 19 heteroatoms. The Balaban J connectivity index is 0.737. The fourth-order valence-corrected chi connectivity index (χ4v) is 14.3. The maximum absolute atomic E-state index is 12.6. The third-order valence-electron chi connectivity index (χ3n) is 18.1. The van der Waals surface area contributed by atoms with Crippen LogP contribution in [-0.4, -0.2) is 187 Å². The van der Waals surface area contributed by atoms with Crippen molar-refractivity contribution in [2.45, 2.75) is 228 Å². The third kappa shape index (κ3) is 8.64. The lowest BCUT2D eigenvalue weighted by Gasteiger charge is -2.65. The number of ether oxygens (including phenoxy) is 9. The molecule has 0 bridgehead atoms. The molecule has 5 aliphatic heterocycles. The normalized spacial score (nSPS) is 55.3. The predicted molar refractivity (Wildman–Crippen MR) is 225 cm³/mol. The second kappa shape index (κ2) is 18.9. The average Bonchev–Trinajstić information content (AvgIpc) is 3.82. The molecule has 19 nitrogen and oxygen atoms in total. The van der Waals surface area contributed by atoms with Crippen LogP contribution in [-0.2, 0) is 47.4 Å². The Hall–Kier alpha value is -1.47. The molecule has 5 heterocycles. The summed E-state index contributed by atoms with van der Waals surface area (Å²) in [4.78, 5) is 12.0. The smallest absolute Gasteiger partial charge is 0.331 e. The molecule has 9 rings (SSSR count). The number of aliphatic hydroxyl groups excluding tert-OH is 8. The minimum atomic E-state index is -1.65. The summed E-state index contributed by atoms with van der Waals surface area (Å²) in [6.45, 7) is 9.11. The monoisotopic (exact) mass is 942 g/mol. The van der Waals surface area contributed by atoms with Gasteiger partial charge in [-0.05, 0) is 107 Å². The fraction of sp³-hybridized carbons (Fsp3) is 0.936. The van der Waals surface area contributed by atoms with Crippen LogP contribution in [0.15, 0.2) is 11.6 Å². The van der Waals surface area contributed by atoms with E-state index in [1.807, 2.05) is 13.8 Å². The van der Waals surface area contributed by atoms with Crippen LogP contribution in [0, 0.1) is 34.5 Å². The molecule has 26 atom stereocenters. The van der Waals surface area contributed by atoms with Gasteiger partial charge in [-0.3, -0.25) is 0 Å². The number of rotatable bonds is 10. The van der Waals surface area contributed by atoms with Gasteiger partial charge in [0, 0.05) is 30.8 Å². The zero-order valence-electron chi connectivity index (χ0n) is 38.7. The van der Waals surface area contributed by atoms with Crippen LogP contribution >= 0.6 is 0 Å². The Kier molecular flexibility index (Phi) is 14.2. The lowest BCUT2D eigenvalue weighted by atomic mass is 9.42. The van der Waals surface area contributed by atoms with Crippen molar-refractivity contribution < 1.29 is 93.4 Å². The highest BCUT2D eigenvalue weighted by atomic mass is 16.8. The molecular weight excluding hydrogens is 868 g/mol. The van der Waals surface area contributed by atoms with E-state index in [4.69, 9.17) is 42.6 Å². The Labute approximate surface area is 385 Å². The van der Waals surface area contributed by atoms with Crippen LogP contribution in [0.4, 0.5) is 0 Å². The van der Waals surface area contributed by atoms with Crippen molar-refractivity contribution >= 4 is 5.97 Å². The van der Waals surface area contributed by atoms with E-state index in [1.54, 1.807) is 19.9 Å². The molecule has 4 aliphatic carbocycles. The van der Waals surface area contributed by atoms with E-state index in [9.17, 15) is 50.8 Å². The highest BCUT2D eigenvalue weighted by Gasteiger charge is 2.71. The van der Waals surface area contributed by atoms with E-state index in [0.29, 0.717) is 18.8 Å². The van der Waals surface area contributed by atoms with Crippen molar-refractivity contribution in [3.05, 3.63) is 11.6 Å². The molecule has 0 aromatic rings. The molecule has 0 aromatic carbocycles. The molecule has 8 fully saturated rings. The molecule has 376 valence electrons. The number of fused-ring (bicyclic) bond motifs is 5. The highest BCUT2D eigenvalue weighted by Crippen LogP contribution is 2.70. The lowest BCUT2D eigenvalue weighted by molar-refractivity contribution is -0.355. The molecule has 0 aromatic heterocycles. The molecule has 9 N–H and O–H groups in total. The first-order valence-electron chi connectivity index (χ1n) is 24.5. The SMILES string of the molecule is C[C@H]1O[C@@H](O[C@H]2CC[C@@]3(C)[C@H](CC[C@@H]4[C@H]3C[C@@H](O)[C@]3(C)[C@@H](C5=CC(=O)OC5)CC[C@]43O)C2)C[C@H](O)C1O[C@H]1C[C@H](O)[C@H](O[C@H]2C[C@H](O)[C@H](O[C@H]3O[C@H](CO)[C@@H](O)[C@H](O)[C@H]3O)[C@@H](C)O2)[C@@H](C)O1. The predicted octanol–water partition coefficient (Wildman–Crippen LogP) is 0.0423. The van der Waals surface area contributed by atoms with Crippen molar-refractivity contribution in [3.63, 3.8) is 0 Å². The number of hydrogen-bond donors (Lipinski definition) is 9. The zero-order chi connectivity index (χ0) is 47.2. The maximum atomic E-state index is 12.6. The summed E-state index contributed by atoms with van der Waals surface area (Å²) in [6, 6.07) is 0.